The Balaban J connectivity index is 1.23. The van der Waals surface area contributed by atoms with Gasteiger partial charge in [0.25, 0.3) is 0 Å². The van der Waals surface area contributed by atoms with E-state index in [1.165, 1.54) is 33.9 Å². The van der Waals surface area contributed by atoms with Crippen LogP contribution in [0.1, 0.15) is 35.6 Å². The van der Waals surface area contributed by atoms with Gasteiger partial charge in [0, 0.05) is 28.4 Å². The van der Waals surface area contributed by atoms with Crippen LogP contribution in [0.2, 0.25) is 0 Å². The molecule has 9 heteroatoms. The van der Waals surface area contributed by atoms with E-state index in [0.29, 0.717) is 17.1 Å². The molecule has 0 fully saturated rings. The first-order valence-corrected chi connectivity index (χ1v) is 22.8. The summed E-state index contributed by atoms with van der Waals surface area (Å²) in [6, 6.07) is 60.9. The molecule has 5 nitrogen and oxygen atoms in total. The van der Waals surface area contributed by atoms with Crippen LogP contribution in [0.25, 0.3) is 21.9 Å². The molecule has 0 spiro atoms. The molecule has 65 heavy (non-hydrogen) atoms. The zero-order valence-electron chi connectivity index (χ0n) is 35.6. The lowest BCUT2D eigenvalue weighted by atomic mass is 9.62. The molecule has 0 saturated heterocycles. The van der Waals surface area contributed by atoms with Gasteiger partial charge in [0.2, 0.25) is 0 Å². The molecule has 322 valence electrons. The summed E-state index contributed by atoms with van der Waals surface area (Å²) in [6.07, 6.45) is 7.75. The maximum atomic E-state index is 14.1. The third kappa shape index (κ3) is 7.35. The van der Waals surface area contributed by atoms with Crippen molar-refractivity contribution < 1.29 is 25.8 Å². The van der Waals surface area contributed by atoms with Gasteiger partial charge in [0.1, 0.15) is 0 Å². The minimum atomic E-state index is -6.07. The highest BCUT2D eigenvalue weighted by atomic mass is 32.2. The van der Waals surface area contributed by atoms with E-state index < -0.39 is 26.8 Å². The summed E-state index contributed by atoms with van der Waals surface area (Å²) < 4.78 is 72.8. The molecule has 0 N–H and O–H groups in total. The van der Waals surface area contributed by atoms with Crippen molar-refractivity contribution in [3.05, 3.63) is 234 Å². The number of hydrogen-bond donors (Lipinski definition) is 0. The fraction of sp³-hybridized carbons (Fsp3) is 0.107. The Hall–Kier alpha value is -7.36. The second kappa shape index (κ2) is 16.3. The van der Waals surface area contributed by atoms with Gasteiger partial charge < -0.3 is 14.0 Å². The molecule has 2 aliphatic carbocycles. The standard InChI is InChI=1S/C56H43F3N2O3S/c1-38-21-26-42(27-22-38)55(43-28-23-39(2)24-29-43)51-20-12-11-19-49(51)50-36-47(31-33-52(50)55)60(46-30-25-40-13-9-10-14-41(40)35-46)48-32-34-54(64-65(62,63)56(57,58)59)53(37-48)61(44-15-5-3-6-16-44)45-17-7-4-8-18-45/h3-28,30-37,43H,29H2,1-2H3. The second-order valence-corrected chi connectivity index (χ2v) is 18.1. The fourth-order valence-corrected chi connectivity index (χ4v) is 10.1. The second-order valence-electron chi connectivity index (χ2n) is 16.6. The van der Waals surface area contributed by atoms with Crippen LogP contribution < -0.4 is 14.0 Å². The molecule has 8 aromatic rings. The molecule has 0 radical (unpaired) electrons. The van der Waals surface area contributed by atoms with Crippen molar-refractivity contribution >= 4 is 55.0 Å². The van der Waals surface area contributed by atoms with E-state index in [2.05, 4.69) is 110 Å². The maximum absolute atomic E-state index is 14.1. The highest BCUT2D eigenvalue weighted by Gasteiger charge is 2.50. The van der Waals surface area contributed by atoms with Gasteiger partial charge in [0.05, 0.1) is 11.1 Å². The molecular formula is C56H43F3N2O3S. The smallest absolute Gasteiger partial charge is 0.374 e. The number of rotatable bonds is 10. The predicted octanol–water partition coefficient (Wildman–Crippen LogP) is 15.2. The van der Waals surface area contributed by atoms with E-state index in [4.69, 9.17) is 4.18 Å². The number of halogens is 3. The number of para-hydroxylation sites is 2. The van der Waals surface area contributed by atoms with Crippen molar-refractivity contribution in [1.82, 2.24) is 0 Å². The highest BCUT2D eigenvalue weighted by Crippen LogP contribution is 2.59. The zero-order valence-corrected chi connectivity index (χ0v) is 36.4. The van der Waals surface area contributed by atoms with Crippen LogP contribution in [-0.2, 0) is 15.5 Å². The summed E-state index contributed by atoms with van der Waals surface area (Å²) in [7, 11) is -6.07. The van der Waals surface area contributed by atoms with Crippen molar-refractivity contribution in [2.75, 3.05) is 9.80 Å². The van der Waals surface area contributed by atoms with Crippen molar-refractivity contribution in [2.24, 2.45) is 5.92 Å². The number of allylic oxidation sites excluding steroid dienone is 4. The van der Waals surface area contributed by atoms with Crippen LogP contribution >= 0.6 is 0 Å². The number of benzene rings is 8. The highest BCUT2D eigenvalue weighted by molar-refractivity contribution is 7.88. The Kier molecular flexibility index (Phi) is 10.5. The number of anilines is 6. The summed E-state index contributed by atoms with van der Waals surface area (Å²) in [5.41, 5.74) is 5.36. The molecule has 0 aromatic heterocycles. The first kappa shape index (κ1) is 41.6. The summed E-state index contributed by atoms with van der Waals surface area (Å²) in [6.45, 7) is 4.24. The molecular weight excluding hydrogens is 838 g/mol. The Morgan fingerprint density at radius 1 is 0.569 bits per heavy atom. The van der Waals surface area contributed by atoms with Crippen LogP contribution in [0.15, 0.2) is 212 Å². The maximum Gasteiger partial charge on any atom is 0.534 e. The van der Waals surface area contributed by atoms with Crippen molar-refractivity contribution in [1.29, 1.82) is 0 Å². The van der Waals surface area contributed by atoms with Crippen molar-refractivity contribution in [2.45, 2.75) is 31.2 Å². The Bertz CT molecular complexity index is 3220. The van der Waals surface area contributed by atoms with Crippen LogP contribution in [0.5, 0.6) is 5.75 Å². The molecule has 10 rings (SSSR count). The predicted molar refractivity (Wildman–Crippen MR) is 256 cm³/mol. The van der Waals surface area contributed by atoms with Gasteiger partial charge in [-0.1, -0.05) is 151 Å². The average molecular weight is 881 g/mol. The van der Waals surface area contributed by atoms with Crippen LogP contribution in [0.3, 0.4) is 0 Å². The molecule has 2 atom stereocenters. The van der Waals surface area contributed by atoms with Gasteiger partial charge in [-0.2, -0.15) is 21.6 Å². The van der Waals surface area contributed by atoms with Crippen molar-refractivity contribution in [3.8, 4) is 16.9 Å². The first-order chi connectivity index (χ1) is 31.4. The largest absolute Gasteiger partial charge is 0.534 e. The third-order valence-corrected chi connectivity index (χ3v) is 13.6. The quantitative estimate of drug-likeness (QED) is 0.101. The lowest BCUT2D eigenvalue weighted by Crippen LogP contribution is -2.35. The van der Waals surface area contributed by atoms with Gasteiger partial charge in [-0.05, 0) is 132 Å². The molecule has 0 bridgehead atoms. The lowest BCUT2D eigenvalue weighted by Gasteiger charge is -2.40. The lowest BCUT2D eigenvalue weighted by molar-refractivity contribution is -0.0499. The minimum absolute atomic E-state index is 0.0795. The number of aryl methyl sites for hydroxylation is 1. The molecule has 0 amide bonds. The van der Waals surface area contributed by atoms with E-state index in [0.717, 1.165) is 39.7 Å². The monoisotopic (exact) mass is 880 g/mol. The average Bonchev–Trinajstić information content (AvgIpc) is 3.61. The van der Waals surface area contributed by atoms with Crippen LogP contribution in [-0.4, -0.2) is 13.9 Å². The number of nitrogens with zero attached hydrogens (tertiary/aromatic N) is 2. The van der Waals surface area contributed by atoms with E-state index in [1.807, 2.05) is 72.8 Å². The Morgan fingerprint density at radius 2 is 1.15 bits per heavy atom. The zero-order chi connectivity index (χ0) is 44.9. The van der Waals surface area contributed by atoms with E-state index >= 15 is 0 Å². The van der Waals surface area contributed by atoms with E-state index in [1.54, 1.807) is 41.3 Å². The van der Waals surface area contributed by atoms with Gasteiger partial charge in [-0.3, -0.25) is 0 Å². The summed E-state index contributed by atoms with van der Waals surface area (Å²) in [5.74, 6) is -0.378. The van der Waals surface area contributed by atoms with Crippen molar-refractivity contribution in [3.63, 3.8) is 0 Å². The number of fused-ring (bicyclic) bond motifs is 4. The SMILES string of the molecule is CC1=CCC(C2(c3ccc(C)cc3)c3ccccc3-c3cc(N(c4ccc(OS(=O)(=O)C(F)(F)F)c(N(c5ccccc5)c5ccccc5)c4)c4ccc5ccccc5c4)ccc32)C=C1. The van der Waals surface area contributed by atoms with Gasteiger partial charge in [-0.15, -0.1) is 0 Å². The van der Waals surface area contributed by atoms with Gasteiger partial charge >= 0.3 is 15.6 Å². The van der Waals surface area contributed by atoms with E-state index in [-0.39, 0.29) is 11.6 Å². The molecule has 0 aliphatic heterocycles. The Morgan fingerprint density at radius 3 is 1.83 bits per heavy atom. The topological polar surface area (TPSA) is 49.9 Å². The molecule has 8 aromatic carbocycles. The summed E-state index contributed by atoms with van der Waals surface area (Å²) in [5, 5.41) is 2.02. The van der Waals surface area contributed by atoms with Crippen LogP contribution in [0, 0.1) is 12.8 Å². The van der Waals surface area contributed by atoms with Crippen LogP contribution in [0.4, 0.5) is 47.3 Å². The summed E-state index contributed by atoms with van der Waals surface area (Å²) in [4.78, 5) is 3.76. The third-order valence-electron chi connectivity index (χ3n) is 12.6. The Labute approximate surface area is 377 Å². The fourth-order valence-electron chi connectivity index (χ4n) is 9.63. The number of alkyl halides is 3. The van der Waals surface area contributed by atoms with Gasteiger partial charge in [0.15, 0.2) is 5.75 Å². The van der Waals surface area contributed by atoms with Gasteiger partial charge in [-0.25, -0.2) is 0 Å². The minimum Gasteiger partial charge on any atom is -0.374 e. The molecule has 2 unspecified atom stereocenters. The first-order valence-electron chi connectivity index (χ1n) is 21.4. The molecule has 2 aliphatic rings. The molecule has 0 saturated carbocycles. The number of hydrogen-bond acceptors (Lipinski definition) is 5. The normalized spacial score (nSPS) is 16.7. The summed E-state index contributed by atoms with van der Waals surface area (Å²) >= 11 is 0. The molecule has 0 heterocycles. The van der Waals surface area contributed by atoms with E-state index in [9.17, 15) is 21.6 Å².